The predicted octanol–water partition coefficient (Wildman–Crippen LogP) is 3.06. The summed E-state index contributed by atoms with van der Waals surface area (Å²) < 4.78 is 11.0. The van der Waals surface area contributed by atoms with Crippen LogP contribution in [0.4, 0.5) is 4.79 Å². The van der Waals surface area contributed by atoms with Gasteiger partial charge in [-0.3, -0.25) is 11.5 Å². The molecule has 0 unspecified atom stereocenters. The first kappa shape index (κ1) is 18.3. The smallest absolute Gasteiger partial charge is 0.364 e. The lowest BCUT2D eigenvalue weighted by atomic mass is 9.94. The number of rotatable bonds is 6. The quantitative estimate of drug-likeness (QED) is 0.421. The van der Waals surface area contributed by atoms with Gasteiger partial charge in [0.15, 0.2) is 5.85 Å². The molecule has 1 saturated carbocycles. The van der Waals surface area contributed by atoms with Crippen molar-refractivity contribution < 1.29 is 14.3 Å². The van der Waals surface area contributed by atoms with Crippen molar-refractivity contribution >= 4 is 17.9 Å². The molecular weight excluding hydrogens is 312 g/mol. The molecule has 0 saturated heterocycles. The summed E-state index contributed by atoms with van der Waals surface area (Å²) in [5.41, 5.74) is 14.4. The lowest BCUT2D eigenvalue weighted by Gasteiger charge is -2.34. The van der Waals surface area contributed by atoms with Gasteiger partial charge in [-0.25, -0.2) is 4.79 Å². The van der Waals surface area contributed by atoms with Crippen LogP contribution < -0.4 is 11.5 Å². The van der Waals surface area contributed by atoms with Gasteiger partial charge < -0.3 is 9.47 Å². The van der Waals surface area contributed by atoms with Crippen molar-refractivity contribution in [3.8, 4) is 0 Å². The molecule has 0 radical (unpaired) electrons. The molecule has 0 spiro atoms. The first-order chi connectivity index (χ1) is 10.9. The highest BCUT2D eigenvalue weighted by atomic mass is 32.1. The second kappa shape index (κ2) is 8.15. The Morgan fingerprint density at radius 3 is 2.26 bits per heavy atom. The minimum absolute atomic E-state index is 0.0322. The van der Waals surface area contributed by atoms with E-state index in [0.717, 1.165) is 44.1 Å². The predicted molar refractivity (Wildman–Crippen MR) is 93.1 cm³/mol. The molecule has 1 aromatic rings. The number of thiol groups is 1. The van der Waals surface area contributed by atoms with Crippen molar-refractivity contribution in [1.82, 2.24) is 0 Å². The van der Waals surface area contributed by atoms with E-state index in [1.54, 1.807) is 0 Å². The highest BCUT2D eigenvalue weighted by molar-refractivity contribution is 7.96. The average Bonchev–Trinajstić information content (AvgIpc) is 2.49. The van der Waals surface area contributed by atoms with Crippen LogP contribution >= 0.6 is 12.6 Å². The van der Waals surface area contributed by atoms with Crippen LogP contribution in [-0.2, 0) is 21.7 Å². The van der Waals surface area contributed by atoms with Crippen LogP contribution in [0.15, 0.2) is 24.3 Å². The summed E-state index contributed by atoms with van der Waals surface area (Å²) in [6, 6.07) is 7.94. The van der Waals surface area contributed by atoms with Gasteiger partial charge in [-0.1, -0.05) is 50.2 Å². The fraction of sp³-hybridized carbons (Fsp3) is 0.588. The molecule has 0 aromatic heterocycles. The highest BCUT2D eigenvalue weighted by Gasteiger charge is 2.31. The molecule has 1 aliphatic carbocycles. The van der Waals surface area contributed by atoms with E-state index in [4.69, 9.17) is 20.9 Å². The van der Waals surface area contributed by atoms with E-state index in [-0.39, 0.29) is 12.2 Å². The monoisotopic (exact) mass is 338 g/mol. The minimum Gasteiger partial charge on any atom is -0.454 e. The van der Waals surface area contributed by atoms with Crippen LogP contribution in [0.25, 0.3) is 0 Å². The summed E-state index contributed by atoms with van der Waals surface area (Å²) in [5, 5.41) is -0.534. The third-order valence-electron chi connectivity index (χ3n) is 4.19. The summed E-state index contributed by atoms with van der Waals surface area (Å²) in [7, 11) is 0. The Kier molecular flexibility index (Phi) is 6.47. The van der Waals surface area contributed by atoms with Crippen molar-refractivity contribution in [2.45, 2.75) is 63.5 Å². The zero-order valence-corrected chi connectivity index (χ0v) is 14.4. The Balaban J connectivity index is 1.89. The van der Waals surface area contributed by atoms with E-state index in [2.05, 4.69) is 19.6 Å². The fourth-order valence-electron chi connectivity index (χ4n) is 2.97. The van der Waals surface area contributed by atoms with Gasteiger partial charge in [0, 0.05) is 5.56 Å². The maximum atomic E-state index is 10.9. The van der Waals surface area contributed by atoms with Gasteiger partial charge in [0.2, 0.25) is 0 Å². The first-order valence-corrected chi connectivity index (χ1v) is 8.60. The van der Waals surface area contributed by atoms with Crippen molar-refractivity contribution in [1.29, 1.82) is 0 Å². The van der Waals surface area contributed by atoms with Crippen LogP contribution in [0, 0.1) is 0 Å². The normalized spacial score (nSPS) is 21.9. The Bertz CT molecular complexity index is 511. The second-order valence-corrected chi connectivity index (χ2v) is 6.51. The zero-order valence-electron chi connectivity index (χ0n) is 13.5. The SMILES string of the molecule is CCCc1ccc(C(N)(N)OC2CCC(OC(=O)S)CC2)cc1. The fourth-order valence-corrected chi connectivity index (χ4v) is 3.12. The number of aryl methyl sites for hydroxylation is 1. The average molecular weight is 338 g/mol. The van der Waals surface area contributed by atoms with Crippen molar-refractivity contribution in [2.75, 3.05) is 0 Å². The third kappa shape index (κ3) is 5.49. The number of carbonyl (C=O) groups is 1. The Morgan fingerprint density at radius 2 is 1.74 bits per heavy atom. The lowest BCUT2D eigenvalue weighted by Crippen LogP contribution is -2.51. The maximum Gasteiger partial charge on any atom is 0.364 e. The molecule has 23 heavy (non-hydrogen) atoms. The van der Waals surface area contributed by atoms with Crippen LogP contribution in [-0.4, -0.2) is 17.5 Å². The van der Waals surface area contributed by atoms with E-state index >= 15 is 0 Å². The number of nitrogens with two attached hydrogens (primary N) is 2. The molecule has 0 atom stereocenters. The number of benzene rings is 1. The van der Waals surface area contributed by atoms with Gasteiger partial charge in [-0.15, -0.1) is 0 Å². The van der Waals surface area contributed by atoms with Gasteiger partial charge in [0.1, 0.15) is 6.10 Å². The molecular formula is C17H26N2O3S. The van der Waals surface area contributed by atoms with Crippen molar-refractivity contribution in [3.05, 3.63) is 35.4 Å². The maximum absolute atomic E-state index is 10.9. The van der Waals surface area contributed by atoms with E-state index in [1.807, 2.05) is 24.3 Å². The van der Waals surface area contributed by atoms with Gasteiger partial charge >= 0.3 is 5.30 Å². The van der Waals surface area contributed by atoms with Crippen LogP contribution in [0.3, 0.4) is 0 Å². The Labute approximate surface area is 143 Å². The van der Waals surface area contributed by atoms with Crippen LogP contribution in [0.1, 0.15) is 50.2 Å². The summed E-state index contributed by atoms with van der Waals surface area (Å²) in [4.78, 5) is 10.9. The third-order valence-corrected chi connectivity index (χ3v) is 4.30. The minimum atomic E-state index is -1.30. The number of ether oxygens (including phenoxy) is 2. The van der Waals surface area contributed by atoms with Crippen molar-refractivity contribution in [2.24, 2.45) is 11.5 Å². The number of carbonyl (C=O) groups excluding carboxylic acids is 1. The van der Waals surface area contributed by atoms with Crippen LogP contribution in [0.5, 0.6) is 0 Å². The number of hydrogen-bond donors (Lipinski definition) is 3. The Morgan fingerprint density at radius 1 is 1.17 bits per heavy atom. The second-order valence-electron chi connectivity index (χ2n) is 6.14. The molecule has 1 aliphatic rings. The van der Waals surface area contributed by atoms with Gasteiger partial charge in [-0.2, -0.15) is 0 Å². The highest BCUT2D eigenvalue weighted by Crippen LogP contribution is 2.28. The molecule has 2 rings (SSSR count). The Hall–Kier alpha value is -1.08. The van der Waals surface area contributed by atoms with E-state index in [0.29, 0.717) is 0 Å². The van der Waals surface area contributed by atoms with Crippen LogP contribution in [0.2, 0.25) is 0 Å². The standard InChI is InChI=1S/C17H26N2O3S/c1-2-3-12-4-6-13(7-5-12)17(18,19)22-15-10-8-14(9-11-15)21-16(20)23/h4-7,14-15H,2-3,8-11,18-19H2,1H3,(H,20,23). The summed E-state index contributed by atoms with van der Waals surface area (Å²) in [6.07, 6.45) is 5.02. The molecule has 1 fully saturated rings. The summed E-state index contributed by atoms with van der Waals surface area (Å²) >= 11 is 3.64. The molecule has 0 amide bonds. The van der Waals surface area contributed by atoms with E-state index < -0.39 is 11.2 Å². The molecule has 128 valence electrons. The molecule has 6 heteroatoms. The molecule has 5 nitrogen and oxygen atoms in total. The lowest BCUT2D eigenvalue weighted by molar-refractivity contribution is -0.113. The largest absolute Gasteiger partial charge is 0.454 e. The molecule has 0 aliphatic heterocycles. The molecule has 1 aromatic carbocycles. The first-order valence-electron chi connectivity index (χ1n) is 8.15. The van der Waals surface area contributed by atoms with Gasteiger partial charge in [0.25, 0.3) is 0 Å². The van der Waals surface area contributed by atoms with Gasteiger partial charge in [-0.05, 0) is 37.7 Å². The van der Waals surface area contributed by atoms with E-state index in [9.17, 15) is 4.79 Å². The molecule has 0 bridgehead atoms. The summed E-state index contributed by atoms with van der Waals surface area (Å²) in [6.45, 7) is 2.15. The zero-order chi connectivity index (χ0) is 16.9. The topological polar surface area (TPSA) is 87.6 Å². The van der Waals surface area contributed by atoms with Crippen molar-refractivity contribution in [3.63, 3.8) is 0 Å². The molecule has 4 N–H and O–H groups in total. The summed E-state index contributed by atoms with van der Waals surface area (Å²) in [5.74, 6) is -1.30. The van der Waals surface area contributed by atoms with E-state index in [1.165, 1.54) is 5.56 Å². The molecule has 0 heterocycles. The number of hydrogen-bond acceptors (Lipinski definition) is 5. The van der Waals surface area contributed by atoms with Gasteiger partial charge in [0.05, 0.1) is 6.10 Å².